The van der Waals surface area contributed by atoms with Crippen molar-refractivity contribution in [1.82, 2.24) is 0 Å². The van der Waals surface area contributed by atoms with E-state index >= 15 is 0 Å². The molecule has 1 aliphatic heterocycles. The highest BCUT2D eigenvalue weighted by molar-refractivity contribution is 5.98. The lowest BCUT2D eigenvalue weighted by Crippen LogP contribution is -2.23. The van der Waals surface area contributed by atoms with E-state index < -0.39 is 0 Å². The molecule has 0 fully saturated rings. The molecule has 0 bridgehead atoms. The third kappa shape index (κ3) is 3.93. The largest absolute Gasteiger partial charge is 0.321 e. The van der Waals surface area contributed by atoms with Crippen molar-refractivity contribution in [3.05, 3.63) is 146 Å². The summed E-state index contributed by atoms with van der Waals surface area (Å²) >= 11 is 0. The average molecular weight is 475 g/mol. The Morgan fingerprint density at radius 2 is 0.703 bits per heavy atom. The number of hydrogen-bond donors (Lipinski definition) is 0. The highest BCUT2D eigenvalue weighted by Crippen LogP contribution is 2.46. The summed E-state index contributed by atoms with van der Waals surface area (Å²) in [5.41, 5.74) is 9.80. The van der Waals surface area contributed by atoms with E-state index in [1.165, 1.54) is 55.8 Å². The lowest BCUT2D eigenvalue weighted by atomic mass is 10.0. The van der Waals surface area contributed by atoms with Gasteiger partial charge < -0.3 is 9.80 Å². The zero-order valence-corrected chi connectivity index (χ0v) is 20.5. The van der Waals surface area contributed by atoms with E-state index in [-0.39, 0.29) is 0 Å². The van der Waals surface area contributed by atoms with E-state index in [4.69, 9.17) is 0 Å². The third-order valence-electron chi connectivity index (χ3n) is 7.28. The summed E-state index contributed by atoms with van der Waals surface area (Å²) in [5.74, 6) is 0. The van der Waals surface area contributed by atoms with Gasteiger partial charge in [-0.2, -0.15) is 0 Å². The smallest absolute Gasteiger partial charge is 0.100 e. The Morgan fingerprint density at radius 3 is 1.11 bits per heavy atom. The maximum absolute atomic E-state index is 2.42. The predicted molar refractivity (Wildman–Crippen MR) is 157 cm³/mol. The Morgan fingerprint density at radius 1 is 0.351 bits per heavy atom. The second-order valence-corrected chi connectivity index (χ2v) is 9.51. The lowest BCUT2D eigenvalue weighted by Gasteiger charge is -2.22. The predicted octanol–water partition coefficient (Wildman–Crippen LogP) is 9.42. The summed E-state index contributed by atoms with van der Waals surface area (Å²) in [6.07, 6.45) is 0. The van der Waals surface area contributed by atoms with Gasteiger partial charge in [-0.3, -0.25) is 0 Å². The Balaban J connectivity index is 1.28. The summed E-state index contributed by atoms with van der Waals surface area (Å²) in [4.78, 5) is 4.84. The van der Waals surface area contributed by atoms with Crippen molar-refractivity contribution >= 4 is 33.5 Å². The van der Waals surface area contributed by atoms with Crippen LogP contribution in [0.4, 0.5) is 22.7 Å². The van der Waals surface area contributed by atoms with Crippen LogP contribution < -0.4 is 9.80 Å². The van der Waals surface area contributed by atoms with Crippen LogP contribution in [0.1, 0.15) is 0 Å². The number of anilines is 4. The van der Waals surface area contributed by atoms with Gasteiger partial charge in [-0.15, -0.1) is 0 Å². The molecule has 1 aliphatic rings. The van der Waals surface area contributed by atoms with E-state index in [1.807, 2.05) is 0 Å². The van der Waals surface area contributed by atoms with Gasteiger partial charge in [-0.1, -0.05) is 109 Å². The first-order valence-corrected chi connectivity index (χ1v) is 12.7. The van der Waals surface area contributed by atoms with Crippen LogP contribution in [0.5, 0.6) is 0 Å². The van der Waals surface area contributed by atoms with Crippen molar-refractivity contribution in [2.45, 2.75) is 0 Å². The van der Waals surface area contributed by atoms with E-state index in [0.717, 1.165) is 6.67 Å². The molecule has 0 aromatic heterocycles. The fraction of sp³-hybridized carbons (Fsp3) is 0.0286. The summed E-state index contributed by atoms with van der Waals surface area (Å²) in [6.45, 7) is 0.765. The molecule has 0 atom stereocenters. The highest BCUT2D eigenvalue weighted by atomic mass is 15.4. The van der Waals surface area contributed by atoms with Crippen LogP contribution in [-0.4, -0.2) is 6.67 Å². The number of benzene rings is 6. The minimum absolute atomic E-state index is 0.765. The van der Waals surface area contributed by atoms with Crippen LogP contribution in [0, 0.1) is 0 Å². The molecule has 7 rings (SSSR count). The molecule has 0 aliphatic carbocycles. The van der Waals surface area contributed by atoms with Crippen LogP contribution in [0.15, 0.2) is 146 Å². The minimum Gasteiger partial charge on any atom is -0.321 e. The molecule has 0 amide bonds. The van der Waals surface area contributed by atoms with Crippen molar-refractivity contribution in [2.75, 3.05) is 16.5 Å². The van der Waals surface area contributed by atoms with Crippen molar-refractivity contribution in [3.63, 3.8) is 0 Å². The molecule has 6 aromatic rings. The zero-order chi connectivity index (χ0) is 24.6. The first-order valence-electron chi connectivity index (χ1n) is 12.7. The maximum Gasteiger partial charge on any atom is 0.100 e. The highest BCUT2D eigenvalue weighted by Gasteiger charge is 2.28. The Kier molecular flexibility index (Phi) is 5.22. The molecule has 6 aromatic carbocycles. The van der Waals surface area contributed by atoms with Crippen LogP contribution in [0.25, 0.3) is 33.0 Å². The van der Waals surface area contributed by atoms with Crippen molar-refractivity contribution in [1.29, 1.82) is 0 Å². The SMILES string of the molecule is c1ccc(-c2ccc(N3CN(c4ccc(-c5ccccc5)cc4)c4cc5ccccc5cc43)cc2)cc1. The van der Waals surface area contributed by atoms with Gasteiger partial charge in [0.25, 0.3) is 0 Å². The Hall–Kier alpha value is -4.82. The molecule has 0 unspecified atom stereocenters. The van der Waals surface area contributed by atoms with E-state index in [9.17, 15) is 0 Å². The molecule has 0 saturated heterocycles. The summed E-state index contributed by atoms with van der Waals surface area (Å²) in [6, 6.07) is 52.3. The molecule has 0 radical (unpaired) electrons. The zero-order valence-electron chi connectivity index (χ0n) is 20.5. The number of hydrogen-bond acceptors (Lipinski definition) is 2. The van der Waals surface area contributed by atoms with Gasteiger partial charge in [0, 0.05) is 11.4 Å². The fourth-order valence-corrected chi connectivity index (χ4v) is 5.31. The van der Waals surface area contributed by atoms with E-state index in [2.05, 4.69) is 155 Å². The van der Waals surface area contributed by atoms with Gasteiger partial charge in [0.2, 0.25) is 0 Å². The monoisotopic (exact) mass is 474 g/mol. The van der Waals surface area contributed by atoms with Gasteiger partial charge in [0.05, 0.1) is 11.4 Å². The standard InChI is InChI=1S/C35H26N2/c1-3-9-26(10-4-1)28-15-19-32(20-16-28)36-25-37(35-24-31-14-8-7-13-30(31)23-34(35)36)33-21-17-29(18-22-33)27-11-5-2-6-12-27/h1-24H,25H2. The minimum atomic E-state index is 0.765. The second-order valence-electron chi connectivity index (χ2n) is 9.51. The number of fused-ring (bicyclic) bond motifs is 2. The van der Waals surface area contributed by atoms with Crippen LogP contribution in [0.2, 0.25) is 0 Å². The molecule has 0 saturated carbocycles. The van der Waals surface area contributed by atoms with E-state index in [1.54, 1.807) is 0 Å². The third-order valence-corrected chi connectivity index (χ3v) is 7.28. The lowest BCUT2D eigenvalue weighted by molar-refractivity contribution is 0.991. The molecule has 37 heavy (non-hydrogen) atoms. The summed E-state index contributed by atoms with van der Waals surface area (Å²) in [5, 5.41) is 2.52. The van der Waals surface area contributed by atoms with Crippen LogP contribution in [-0.2, 0) is 0 Å². The molecule has 1 heterocycles. The van der Waals surface area contributed by atoms with Gasteiger partial charge in [-0.25, -0.2) is 0 Å². The van der Waals surface area contributed by atoms with Crippen molar-refractivity contribution < 1.29 is 0 Å². The first kappa shape index (κ1) is 21.5. The normalized spacial score (nSPS) is 12.6. The summed E-state index contributed by atoms with van der Waals surface area (Å²) < 4.78 is 0. The van der Waals surface area contributed by atoms with Crippen molar-refractivity contribution in [2.24, 2.45) is 0 Å². The first-order chi connectivity index (χ1) is 18.3. The molecule has 0 N–H and O–H groups in total. The molecule has 176 valence electrons. The topological polar surface area (TPSA) is 6.48 Å². The Bertz CT molecular complexity index is 1540. The van der Waals surface area contributed by atoms with Gasteiger partial charge >= 0.3 is 0 Å². The van der Waals surface area contributed by atoms with Gasteiger partial charge in [0.15, 0.2) is 0 Å². The molecule has 2 nitrogen and oxygen atoms in total. The maximum atomic E-state index is 2.42. The van der Waals surface area contributed by atoms with Gasteiger partial charge in [0.1, 0.15) is 6.67 Å². The Labute approximate surface area is 217 Å². The summed E-state index contributed by atoms with van der Waals surface area (Å²) in [7, 11) is 0. The van der Waals surface area contributed by atoms with Gasteiger partial charge in [-0.05, 0) is 69.4 Å². The molecular weight excluding hydrogens is 448 g/mol. The number of nitrogens with zero attached hydrogens (tertiary/aromatic N) is 2. The quantitative estimate of drug-likeness (QED) is 0.251. The fourth-order valence-electron chi connectivity index (χ4n) is 5.31. The van der Waals surface area contributed by atoms with Crippen molar-refractivity contribution in [3.8, 4) is 22.3 Å². The molecule has 0 spiro atoms. The van der Waals surface area contributed by atoms with Crippen LogP contribution in [0.3, 0.4) is 0 Å². The number of rotatable bonds is 4. The second kappa shape index (κ2) is 9.00. The van der Waals surface area contributed by atoms with E-state index in [0.29, 0.717) is 0 Å². The van der Waals surface area contributed by atoms with Crippen LogP contribution >= 0.6 is 0 Å². The average Bonchev–Trinajstić information content (AvgIpc) is 3.35. The molecule has 2 heteroatoms. The molecular formula is C35H26N2.